The van der Waals surface area contributed by atoms with Gasteiger partial charge >= 0.3 is 0 Å². The number of ether oxygens (including phenoxy) is 1. The molecule has 1 aromatic carbocycles. The lowest BCUT2D eigenvalue weighted by molar-refractivity contribution is 0.0216. The quantitative estimate of drug-likeness (QED) is 0.737. The van der Waals surface area contributed by atoms with Gasteiger partial charge in [-0.05, 0) is 11.6 Å². The SMILES string of the molecule is CC1(C)CN=C(C[Si](C)(C)C)C1OCc1ccccc1. The summed E-state index contributed by atoms with van der Waals surface area (Å²) in [6, 6.07) is 11.6. The topological polar surface area (TPSA) is 21.6 Å². The summed E-state index contributed by atoms with van der Waals surface area (Å²) in [7, 11) is -1.15. The fourth-order valence-corrected chi connectivity index (χ4v) is 4.07. The first-order valence-corrected chi connectivity index (χ1v) is 11.2. The molecule has 2 rings (SSSR count). The third-order valence-corrected chi connectivity index (χ3v) is 5.10. The molecule has 1 aliphatic rings. The number of hydrogen-bond donors (Lipinski definition) is 0. The Balaban J connectivity index is 2.04. The lowest BCUT2D eigenvalue weighted by Crippen LogP contribution is -2.38. The smallest absolute Gasteiger partial charge is 0.102 e. The minimum Gasteiger partial charge on any atom is -0.367 e. The molecular formula is C17H27NOSi. The second-order valence-electron chi connectivity index (χ2n) is 7.71. The average molecular weight is 289 g/mol. The van der Waals surface area contributed by atoms with E-state index < -0.39 is 8.07 Å². The van der Waals surface area contributed by atoms with Crippen LogP contribution >= 0.6 is 0 Å². The monoisotopic (exact) mass is 289 g/mol. The first-order valence-electron chi connectivity index (χ1n) is 7.47. The third-order valence-electron chi connectivity index (χ3n) is 3.67. The molecule has 0 radical (unpaired) electrons. The van der Waals surface area contributed by atoms with Crippen molar-refractivity contribution in [2.45, 2.75) is 52.2 Å². The lowest BCUT2D eigenvalue weighted by atomic mass is 9.87. The normalized spacial score (nSPS) is 21.9. The van der Waals surface area contributed by atoms with Crippen LogP contribution in [0.3, 0.4) is 0 Å². The Morgan fingerprint density at radius 1 is 1.20 bits per heavy atom. The Bertz CT molecular complexity index is 474. The molecule has 1 unspecified atom stereocenters. The molecule has 1 aromatic rings. The van der Waals surface area contributed by atoms with E-state index in [-0.39, 0.29) is 11.5 Å². The molecule has 1 heterocycles. The average Bonchev–Trinajstić information content (AvgIpc) is 2.61. The van der Waals surface area contributed by atoms with Crippen molar-refractivity contribution in [2.75, 3.05) is 6.54 Å². The Hall–Kier alpha value is -0.933. The van der Waals surface area contributed by atoms with Crippen molar-refractivity contribution in [1.29, 1.82) is 0 Å². The first-order chi connectivity index (χ1) is 9.28. The number of nitrogens with zero attached hydrogens (tertiary/aromatic N) is 1. The molecule has 0 saturated carbocycles. The summed E-state index contributed by atoms with van der Waals surface area (Å²) in [4.78, 5) is 4.79. The predicted molar refractivity (Wildman–Crippen MR) is 89.3 cm³/mol. The maximum absolute atomic E-state index is 6.25. The molecule has 1 aliphatic heterocycles. The Morgan fingerprint density at radius 3 is 2.45 bits per heavy atom. The molecule has 20 heavy (non-hydrogen) atoms. The highest BCUT2D eigenvalue weighted by molar-refractivity contribution is 6.79. The van der Waals surface area contributed by atoms with Crippen LogP contribution in [0.1, 0.15) is 19.4 Å². The zero-order valence-corrected chi connectivity index (χ0v) is 14.4. The van der Waals surface area contributed by atoms with Crippen molar-refractivity contribution in [1.82, 2.24) is 0 Å². The maximum atomic E-state index is 6.25. The molecule has 0 saturated heterocycles. The van der Waals surface area contributed by atoms with E-state index in [9.17, 15) is 0 Å². The molecule has 0 N–H and O–H groups in total. The van der Waals surface area contributed by atoms with Crippen molar-refractivity contribution in [3.8, 4) is 0 Å². The predicted octanol–water partition coefficient (Wildman–Crippen LogP) is 4.39. The summed E-state index contributed by atoms with van der Waals surface area (Å²) in [6.45, 7) is 13.3. The van der Waals surface area contributed by atoms with E-state index in [0.29, 0.717) is 6.61 Å². The van der Waals surface area contributed by atoms with Crippen molar-refractivity contribution < 1.29 is 4.74 Å². The van der Waals surface area contributed by atoms with E-state index in [0.717, 1.165) is 12.6 Å². The van der Waals surface area contributed by atoms with Gasteiger partial charge in [0.25, 0.3) is 0 Å². The van der Waals surface area contributed by atoms with Gasteiger partial charge in [0, 0.05) is 17.7 Å². The van der Waals surface area contributed by atoms with Crippen LogP contribution in [-0.4, -0.2) is 26.4 Å². The van der Waals surface area contributed by atoms with Crippen molar-refractivity contribution in [3.63, 3.8) is 0 Å². The first kappa shape index (κ1) is 15.5. The highest BCUT2D eigenvalue weighted by Crippen LogP contribution is 2.34. The third kappa shape index (κ3) is 4.03. The molecule has 0 bridgehead atoms. The highest BCUT2D eigenvalue weighted by atomic mass is 28.3. The molecular weight excluding hydrogens is 262 g/mol. The lowest BCUT2D eigenvalue weighted by Gasteiger charge is -2.29. The summed E-state index contributed by atoms with van der Waals surface area (Å²) < 4.78 is 6.25. The Labute approximate surface area is 124 Å². The number of benzene rings is 1. The standard InChI is InChI=1S/C17H27NOSi/c1-17(2)13-18-15(12-20(3,4)5)16(17)19-11-14-9-7-6-8-10-14/h6-10,16H,11-13H2,1-5H3. The zero-order valence-electron chi connectivity index (χ0n) is 13.4. The number of rotatable bonds is 5. The van der Waals surface area contributed by atoms with Gasteiger partial charge in [-0.1, -0.05) is 63.8 Å². The van der Waals surface area contributed by atoms with Gasteiger partial charge in [0.05, 0.1) is 14.7 Å². The van der Waals surface area contributed by atoms with E-state index >= 15 is 0 Å². The largest absolute Gasteiger partial charge is 0.367 e. The van der Waals surface area contributed by atoms with Crippen LogP contribution in [0.4, 0.5) is 0 Å². The molecule has 3 heteroatoms. The van der Waals surface area contributed by atoms with E-state index in [1.807, 2.05) is 6.07 Å². The second-order valence-corrected chi connectivity index (χ2v) is 13.2. The van der Waals surface area contributed by atoms with Gasteiger partial charge in [0.1, 0.15) is 6.10 Å². The Kier molecular flexibility index (Phi) is 4.50. The van der Waals surface area contributed by atoms with E-state index in [1.165, 1.54) is 11.3 Å². The van der Waals surface area contributed by atoms with Gasteiger partial charge in [0.15, 0.2) is 0 Å². The van der Waals surface area contributed by atoms with E-state index in [4.69, 9.17) is 9.73 Å². The van der Waals surface area contributed by atoms with Gasteiger partial charge in [-0.25, -0.2) is 0 Å². The number of hydrogen-bond acceptors (Lipinski definition) is 2. The number of aliphatic imine (C=N–C) groups is 1. The summed E-state index contributed by atoms with van der Waals surface area (Å²) in [5, 5.41) is 0. The van der Waals surface area contributed by atoms with Gasteiger partial charge in [0.2, 0.25) is 0 Å². The summed E-state index contributed by atoms with van der Waals surface area (Å²) in [5.74, 6) is 0. The fourth-order valence-electron chi connectivity index (χ4n) is 2.69. The Morgan fingerprint density at radius 2 is 1.85 bits per heavy atom. The molecule has 110 valence electrons. The van der Waals surface area contributed by atoms with Crippen LogP contribution < -0.4 is 0 Å². The van der Waals surface area contributed by atoms with Crippen LogP contribution in [0.25, 0.3) is 0 Å². The van der Waals surface area contributed by atoms with Gasteiger partial charge in [-0.2, -0.15) is 0 Å². The van der Waals surface area contributed by atoms with Crippen molar-refractivity contribution in [3.05, 3.63) is 35.9 Å². The van der Waals surface area contributed by atoms with Gasteiger partial charge < -0.3 is 4.74 Å². The van der Waals surface area contributed by atoms with Crippen LogP contribution in [0.5, 0.6) is 0 Å². The fraction of sp³-hybridized carbons (Fsp3) is 0.588. The molecule has 2 nitrogen and oxygen atoms in total. The second kappa shape index (κ2) is 5.82. The summed E-state index contributed by atoms with van der Waals surface area (Å²) in [6.07, 6.45) is 0.175. The van der Waals surface area contributed by atoms with Crippen LogP contribution in [0.15, 0.2) is 35.3 Å². The molecule has 0 aromatic heterocycles. The molecule has 0 fully saturated rings. The van der Waals surface area contributed by atoms with Crippen LogP contribution in [0, 0.1) is 5.41 Å². The summed E-state index contributed by atoms with van der Waals surface area (Å²) >= 11 is 0. The molecule has 0 aliphatic carbocycles. The van der Waals surface area contributed by atoms with Gasteiger partial charge in [-0.3, -0.25) is 4.99 Å². The highest BCUT2D eigenvalue weighted by Gasteiger charge is 2.40. The van der Waals surface area contributed by atoms with Gasteiger partial charge in [-0.15, -0.1) is 0 Å². The molecule has 1 atom stereocenters. The minimum atomic E-state index is -1.15. The van der Waals surface area contributed by atoms with E-state index in [1.54, 1.807) is 0 Å². The van der Waals surface area contributed by atoms with Crippen LogP contribution in [-0.2, 0) is 11.3 Å². The zero-order chi connectivity index (χ0) is 14.8. The minimum absolute atomic E-state index is 0.129. The summed E-state index contributed by atoms with van der Waals surface area (Å²) in [5.41, 5.74) is 2.66. The van der Waals surface area contributed by atoms with Crippen molar-refractivity contribution >= 4 is 13.8 Å². The van der Waals surface area contributed by atoms with E-state index in [2.05, 4.69) is 57.8 Å². The van der Waals surface area contributed by atoms with Crippen LogP contribution in [0.2, 0.25) is 25.7 Å². The molecule has 0 spiro atoms. The molecule has 0 amide bonds. The van der Waals surface area contributed by atoms with Crippen molar-refractivity contribution in [2.24, 2.45) is 10.4 Å². The maximum Gasteiger partial charge on any atom is 0.102 e.